The molecular formula is C24H22N8O2. The zero-order valence-electron chi connectivity index (χ0n) is 19.4. The van der Waals surface area contributed by atoms with E-state index >= 15 is 0 Å². The number of aromatic amines is 2. The predicted octanol–water partition coefficient (Wildman–Crippen LogP) is 5.02. The molecule has 10 nitrogen and oxygen atoms in total. The highest BCUT2D eigenvalue weighted by atomic mass is 16.5. The highest BCUT2D eigenvalue weighted by Gasteiger charge is 2.21. The second-order valence-electron chi connectivity index (χ2n) is 8.28. The Labute approximate surface area is 193 Å². The second kappa shape index (κ2) is 7.27. The molecule has 170 valence electrons. The summed E-state index contributed by atoms with van der Waals surface area (Å²) in [6.45, 7) is 7.63. The Kier molecular flexibility index (Phi) is 4.31. The molecular weight excluding hydrogens is 432 g/mol. The molecule has 3 N–H and O–H groups in total. The van der Waals surface area contributed by atoms with Crippen molar-refractivity contribution in [2.45, 2.75) is 27.7 Å². The Bertz CT molecular complexity index is 1710. The molecule has 0 saturated carbocycles. The lowest BCUT2D eigenvalue weighted by Crippen LogP contribution is -1.99. The Balaban J connectivity index is 1.59. The zero-order valence-corrected chi connectivity index (χ0v) is 19.4. The van der Waals surface area contributed by atoms with Gasteiger partial charge in [-0.25, -0.2) is 9.97 Å². The maximum atomic E-state index is 5.78. The molecule has 5 heterocycles. The van der Waals surface area contributed by atoms with Crippen LogP contribution in [-0.2, 0) is 0 Å². The first kappa shape index (κ1) is 20.2. The standard InChI is InChI=1S/C24H22N8O2/c1-10-20-16(6-7-25-10)30-31-24(20)29-23-21-14-9-18(33-5)15(19-11(2)32-34-12(19)3)8-17(14)28-22(21)26-13(4)27-23/h6-9H,1-5H3,(H3,26,27,28,29,30,31). The summed E-state index contributed by atoms with van der Waals surface area (Å²) < 4.78 is 11.2. The van der Waals surface area contributed by atoms with Crippen LogP contribution in [0.15, 0.2) is 28.9 Å². The van der Waals surface area contributed by atoms with Crippen LogP contribution < -0.4 is 10.1 Å². The number of benzene rings is 1. The molecule has 34 heavy (non-hydrogen) atoms. The van der Waals surface area contributed by atoms with Crippen molar-refractivity contribution >= 4 is 44.5 Å². The molecule has 0 saturated heterocycles. The Morgan fingerprint density at radius 3 is 2.59 bits per heavy atom. The largest absolute Gasteiger partial charge is 0.496 e. The fourth-order valence-electron chi connectivity index (χ4n) is 4.59. The molecule has 0 fully saturated rings. The third-order valence-electron chi connectivity index (χ3n) is 6.09. The maximum Gasteiger partial charge on any atom is 0.163 e. The zero-order chi connectivity index (χ0) is 23.6. The van der Waals surface area contributed by atoms with E-state index in [-0.39, 0.29) is 0 Å². The van der Waals surface area contributed by atoms with Crippen LogP contribution in [0.4, 0.5) is 11.6 Å². The summed E-state index contributed by atoms with van der Waals surface area (Å²) in [4.78, 5) is 17.2. The van der Waals surface area contributed by atoms with E-state index in [1.807, 2.05) is 45.9 Å². The van der Waals surface area contributed by atoms with Crippen molar-refractivity contribution < 1.29 is 9.26 Å². The van der Waals surface area contributed by atoms with Gasteiger partial charge in [0.2, 0.25) is 0 Å². The topological polar surface area (TPSA) is 130 Å². The minimum atomic E-state index is 0.633. The van der Waals surface area contributed by atoms with Crippen LogP contribution in [0.5, 0.6) is 5.75 Å². The van der Waals surface area contributed by atoms with E-state index in [1.165, 1.54) is 0 Å². The maximum absolute atomic E-state index is 5.78. The van der Waals surface area contributed by atoms with E-state index < -0.39 is 0 Å². The molecule has 0 aliphatic carbocycles. The third-order valence-corrected chi connectivity index (χ3v) is 6.09. The molecule has 0 aliphatic heterocycles. The molecule has 0 bridgehead atoms. The molecule has 0 aliphatic rings. The second-order valence-corrected chi connectivity index (χ2v) is 8.28. The molecule has 0 radical (unpaired) electrons. The van der Waals surface area contributed by atoms with Crippen LogP contribution in [-0.4, -0.2) is 42.4 Å². The average Bonchev–Trinajstić information content (AvgIpc) is 3.48. The average molecular weight is 454 g/mol. The summed E-state index contributed by atoms with van der Waals surface area (Å²) in [5, 5.41) is 17.7. The molecule has 6 aromatic rings. The minimum absolute atomic E-state index is 0.633. The number of methoxy groups -OCH3 is 1. The number of anilines is 2. The lowest BCUT2D eigenvalue weighted by molar-refractivity contribution is 0.393. The van der Waals surface area contributed by atoms with Crippen molar-refractivity contribution in [3.63, 3.8) is 0 Å². The molecule has 6 rings (SSSR count). The Morgan fingerprint density at radius 2 is 1.82 bits per heavy atom. The van der Waals surface area contributed by atoms with Gasteiger partial charge in [0, 0.05) is 22.7 Å². The molecule has 0 spiro atoms. The highest BCUT2D eigenvalue weighted by molar-refractivity contribution is 6.13. The van der Waals surface area contributed by atoms with Gasteiger partial charge in [0.25, 0.3) is 0 Å². The van der Waals surface area contributed by atoms with Gasteiger partial charge in [-0.1, -0.05) is 5.16 Å². The quantitative estimate of drug-likeness (QED) is 0.338. The van der Waals surface area contributed by atoms with Crippen LogP contribution in [0.2, 0.25) is 0 Å². The van der Waals surface area contributed by atoms with E-state index in [9.17, 15) is 0 Å². The summed E-state index contributed by atoms with van der Waals surface area (Å²) in [6, 6.07) is 5.93. The number of aromatic nitrogens is 7. The molecule has 10 heteroatoms. The summed E-state index contributed by atoms with van der Waals surface area (Å²) in [5.74, 6) is 3.39. The molecule has 0 amide bonds. The van der Waals surface area contributed by atoms with Crippen molar-refractivity contribution in [1.29, 1.82) is 0 Å². The number of ether oxygens (including phenoxy) is 1. The molecule has 0 atom stereocenters. The van der Waals surface area contributed by atoms with Crippen LogP contribution in [0.25, 0.3) is 44.0 Å². The summed E-state index contributed by atoms with van der Waals surface area (Å²) in [6.07, 6.45) is 1.76. The number of aryl methyl sites for hydroxylation is 4. The fraction of sp³-hybridized carbons (Fsp3) is 0.208. The first-order chi connectivity index (χ1) is 16.4. The number of hydrogen-bond donors (Lipinski definition) is 3. The van der Waals surface area contributed by atoms with Crippen LogP contribution >= 0.6 is 0 Å². The van der Waals surface area contributed by atoms with E-state index in [0.717, 1.165) is 61.1 Å². The summed E-state index contributed by atoms with van der Waals surface area (Å²) in [7, 11) is 1.66. The number of hydrogen-bond acceptors (Lipinski definition) is 8. The van der Waals surface area contributed by atoms with E-state index in [0.29, 0.717) is 23.2 Å². The summed E-state index contributed by atoms with van der Waals surface area (Å²) >= 11 is 0. The van der Waals surface area contributed by atoms with Crippen molar-refractivity contribution in [1.82, 2.24) is 35.3 Å². The lowest BCUT2D eigenvalue weighted by Gasteiger charge is -2.10. The Morgan fingerprint density at radius 1 is 0.971 bits per heavy atom. The lowest BCUT2D eigenvalue weighted by atomic mass is 10.0. The van der Waals surface area contributed by atoms with E-state index in [1.54, 1.807) is 13.3 Å². The minimum Gasteiger partial charge on any atom is -0.496 e. The van der Waals surface area contributed by atoms with Crippen molar-refractivity contribution in [3.05, 3.63) is 47.4 Å². The number of pyridine rings is 1. The molecule has 5 aromatic heterocycles. The van der Waals surface area contributed by atoms with Gasteiger partial charge in [0.05, 0.1) is 40.4 Å². The van der Waals surface area contributed by atoms with Crippen molar-refractivity contribution in [3.8, 4) is 16.9 Å². The number of nitrogens with zero attached hydrogens (tertiary/aromatic N) is 5. The Hall–Kier alpha value is -4.47. The molecule has 0 unspecified atom stereocenters. The normalized spacial score (nSPS) is 11.7. The van der Waals surface area contributed by atoms with Gasteiger partial charge in [-0.05, 0) is 45.9 Å². The monoisotopic (exact) mass is 454 g/mol. The van der Waals surface area contributed by atoms with E-state index in [2.05, 4.69) is 35.6 Å². The van der Waals surface area contributed by atoms with Crippen LogP contribution in [0.3, 0.4) is 0 Å². The number of nitrogens with one attached hydrogen (secondary N) is 3. The number of fused-ring (bicyclic) bond motifs is 4. The predicted molar refractivity (Wildman–Crippen MR) is 130 cm³/mol. The van der Waals surface area contributed by atoms with Gasteiger partial charge >= 0.3 is 0 Å². The van der Waals surface area contributed by atoms with Gasteiger partial charge < -0.3 is 19.6 Å². The fourth-order valence-corrected chi connectivity index (χ4v) is 4.59. The van der Waals surface area contributed by atoms with Gasteiger partial charge in [-0.2, -0.15) is 5.10 Å². The van der Waals surface area contributed by atoms with Gasteiger partial charge in [0.1, 0.15) is 28.8 Å². The van der Waals surface area contributed by atoms with Gasteiger partial charge in [0.15, 0.2) is 5.82 Å². The van der Waals surface area contributed by atoms with Gasteiger partial charge in [-0.15, -0.1) is 0 Å². The van der Waals surface area contributed by atoms with Crippen LogP contribution in [0, 0.1) is 27.7 Å². The SMILES string of the molecule is COc1cc2c(cc1-c1c(C)noc1C)[nH]c1nc(C)nc(Nc3n[nH]c4ccnc(C)c34)c12. The van der Waals surface area contributed by atoms with E-state index in [4.69, 9.17) is 14.2 Å². The number of H-pyrrole nitrogens is 2. The van der Waals surface area contributed by atoms with Gasteiger partial charge in [-0.3, -0.25) is 10.1 Å². The van der Waals surface area contributed by atoms with Crippen molar-refractivity contribution in [2.24, 2.45) is 0 Å². The van der Waals surface area contributed by atoms with Crippen molar-refractivity contribution in [2.75, 3.05) is 12.4 Å². The first-order valence-electron chi connectivity index (χ1n) is 10.8. The number of rotatable bonds is 4. The third kappa shape index (κ3) is 2.92. The summed E-state index contributed by atoms with van der Waals surface area (Å²) in [5.41, 5.74) is 6.03. The smallest absolute Gasteiger partial charge is 0.163 e. The van der Waals surface area contributed by atoms with Crippen LogP contribution in [0.1, 0.15) is 23.0 Å². The first-order valence-corrected chi connectivity index (χ1v) is 10.8. The molecule has 1 aromatic carbocycles. The highest BCUT2D eigenvalue weighted by Crippen LogP contribution is 2.41.